The van der Waals surface area contributed by atoms with Crippen molar-refractivity contribution in [1.29, 1.82) is 0 Å². The molecular formula is C42H81N3O4. The Kier molecular flexibility index (Phi) is 18.1. The third kappa shape index (κ3) is 10.7. The van der Waals surface area contributed by atoms with Gasteiger partial charge >= 0.3 is 0 Å². The van der Waals surface area contributed by atoms with Crippen molar-refractivity contribution in [3.05, 3.63) is 0 Å². The molecule has 11 atom stereocenters. The van der Waals surface area contributed by atoms with Gasteiger partial charge in [-0.05, 0) is 151 Å². The van der Waals surface area contributed by atoms with Crippen LogP contribution < -0.4 is 16.8 Å². The smallest absolute Gasteiger partial charge is 0.0637 e. The summed E-state index contributed by atoms with van der Waals surface area (Å²) in [4.78, 5) is 0. The van der Waals surface area contributed by atoms with E-state index in [1.54, 1.807) is 7.11 Å². The van der Waals surface area contributed by atoms with E-state index in [2.05, 4.69) is 33.0 Å². The Morgan fingerprint density at radius 2 is 1.45 bits per heavy atom. The first-order chi connectivity index (χ1) is 23.8. The third-order valence-corrected chi connectivity index (χ3v) is 14.4. The number of methoxy groups -OCH3 is 1. The Morgan fingerprint density at radius 3 is 2.20 bits per heavy atom. The van der Waals surface area contributed by atoms with Gasteiger partial charge in [0, 0.05) is 39.0 Å². The van der Waals surface area contributed by atoms with Crippen molar-refractivity contribution in [3.8, 4) is 0 Å². The predicted octanol–water partition coefficient (Wildman–Crippen LogP) is 8.12. The minimum absolute atomic E-state index is 0.182. The predicted molar refractivity (Wildman–Crippen MR) is 204 cm³/mol. The molecule has 7 nitrogen and oxygen atoms in total. The van der Waals surface area contributed by atoms with Crippen molar-refractivity contribution in [2.45, 2.75) is 162 Å². The lowest BCUT2D eigenvalue weighted by Crippen LogP contribution is -2.63. The van der Waals surface area contributed by atoms with Gasteiger partial charge in [-0.2, -0.15) is 0 Å². The molecule has 4 rings (SSSR count). The Hall–Kier alpha value is -0.280. The monoisotopic (exact) mass is 692 g/mol. The van der Waals surface area contributed by atoms with Crippen LogP contribution in [-0.4, -0.2) is 78.0 Å². The maximum Gasteiger partial charge on any atom is 0.0637 e. The molecule has 4 saturated carbocycles. The lowest BCUT2D eigenvalue weighted by atomic mass is 9.43. The van der Waals surface area contributed by atoms with Crippen LogP contribution in [0.1, 0.15) is 143 Å². The molecule has 0 amide bonds. The SMILES string of the molecule is CCCCCCCCNCCC[C@@H](C)C1CC[C@H]2C3[C@H](OCCCOC)CC4C[C@H](OCCCN)CC[C@]4(C)[C@H]3C[C@H](OCCCN)[C@]12C. The Balaban J connectivity index is 1.47. The fourth-order valence-corrected chi connectivity index (χ4v) is 11.6. The highest BCUT2D eigenvalue weighted by atomic mass is 16.5. The number of nitrogens with two attached hydrogens (primary N) is 2. The number of fused-ring (bicyclic) bond motifs is 5. The second kappa shape index (κ2) is 21.4. The molecule has 4 aliphatic rings. The van der Waals surface area contributed by atoms with Crippen molar-refractivity contribution in [2.75, 3.05) is 59.7 Å². The molecule has 0 aromatic carbocycles. The van der Waals surface area contributed by atoms with Crippen LogP contribution in [0.15, 0.2) is 0 Å². The zero-order valence-electron chi connectivity index (χ0n) is 32.9. The van der Waals surface area contributed by atoms with Gasteiger partial charge in [0.25, 0.3) is 0 Å². The van der Waals surface area contributed by atoms with Crippen molar-refractivity contribution in [1.82, 2.24) is 5.32 Å². The first-order valence-corrected chi connectivity index (χ1v) is 21.3. The summed E-state index contributed by atoms with van der Waals surface area (Å²) >= 11 is 0. The van der Waals surface area contributed by atoms with E-state index in [0.29, 0.717) is 72.3 Å². The number of nitrogens with one attached hydrogen (secondary N) is 1. The summed E-state index contributed by atoms with van der Waals surface area (Å²) in [6.45, 7) is 17.1. The molecule has 288 valence electrons. The van der Waals surface area contributed by atoms with Gasteiger partial charge in [0.2, 0.25) is 0 Å². The van der Waals surface area contributed by atoms with Crippen LogP contribution in [0.5, 0.6) is 0 Å². The highest BCUT2D eigenvalue weighted by Crippen LogP contribution is 2.69. The fourth-order valence-electron chi connectivity index (χ4n) is 11.6. The largest absolute Gasteiger partial charge is 0.385 e. The number of rotatable bonds is 25. The molecule has 49 heavy (non-hydrogen) atoms. The van der Waals surface area contributed by atoms with E-state index in [9.17, 15) is 0 Å². The summed E-state index contributed by atoms with van der Waals surface area (Å²) in [6.07, 6.45) is 23.2. The minimum Gasteiger partial charge on any atom is -0.385 e. The maximum atomic E-state index is 7.05. The number of hydrogen-bond acceptors (Lipinski definition) is 7. The molecule has 0 radical (unpaired) electrons. The standard InChI is InChI=1S/C42H81N3O4/c1-6-7-8-9-10-11-23-45-24-12-16-32(2)35-17-18-36-40-37(31-39(42(35,36)4)49-27-14-22-44)41(3)20-19-34(47-26-13-21-43)29-33(41)30-38(40)48-28-15-25-46-5/h32-40,45H,6-31,43-44H2,1-5H3/t32-,33?,34-,35?,36+,37+,38-,39+,40?,41+,42-/m1/s1. The Bertz CT molecular complexity index is 894. The van der Waals surface area contributed by atoms with Crippen LogP contribution in [0.4, 0.5) is 0 Å². The highest BCUT2D eigenvalue weighted by molar-refractivity contribution is 5.15. The summed E-state index contributed by atoms with van der Waals surface area (Å²) in [5, 5.41) is 3.77. The quantitative estimate of drug-likeness (QED) is 0.0832. The summed E-state index contributed by atoms with van der Waals surface area (Å²) in [5.41, 5.74) is 12.3. The normalized spacial score (nSPS) is 36.3. The van der Waals surface area contributed by atoms with E-state index in [4.69, 9.17) is 30.4 Å². The van der Waals surface area contributed by atoms with Gasteiger partial charge in [-0.3, -0.25) is 0 Å². The molecule has 0 spiro atoms. The summed E-state index contributed by atoms with van der Waals surface area (Å²) in [6, 6.07) is 0. The first kappa shape index (κ1) is 41.5. The molecule has 7 heteroatoms. The van der Waals surface area contributed by atoms with Crippen LogP contribution in [-0.2, 0) is 18.9 Å². The second-order valence-electron chi connectivity index (χ2n) is 17.3. The molecule has 3 unspecified atom stereocenters. The average Bonchev–Trinajstić information content (AvgIpc) is 3.46. The molecule has 0 heterocycles. The highest BCUT2D eigenvalue weighted by Gasteiger charge is 2.66. The van der Waals surface area contributed by atoms with Gasteiger partial charge < -0.3 is 35.7 Å². The number of hydrogen-bond donors (Lipinski definition) is 3. The van der Waals surface area contributed by atoms with E-state index < -0.39 is 0 Å². The third-order valence-electron chi connectivity index (χ3n) is 14.4. The lowest BCUT2D eigenvalue weighted by Gasteiger charge is -2.65. The first-order valence-electron chi connectivity index (χ1n) is 21.3. The number of ether oxygens (including phenoxy) is 4. The Morgan fingerprint density at radius 1 is 0.735 bits per heavy atom. The van der Waals surface area contributed by atoms with Crippen LogP contribution in [0.2, 0.25) is 0 Å². The van der Waals surface area contributed by atoms with E-state index in [1.807, 2.05) is 0 Å². The van der Waals surface area contributed by atoms with Crippen LogP contribution in [0.3, 0.4) is 0 Å². The van der Waals surface area contributed by atoms with Crippen LogP contribution >= 0.6 is 0 Å². The van der Waals surface area contributed by atoms with Crippen molar-refractivity contribution in [2.24, 2.45) is 57.8 Å². The average molecular weight is 692 g/mol. The zero-order valence-corrected chi connectivity index (χ0v) is 32.9. The minimum atomic E-state index is 0.182. The molecule has 5 N–H and O–H groups in total. The molecule has 4 aliphatic carbocycles. The van der Waals surface area contributed by atoms with Gasteiger partial charge in [-0.25, -0.2) is 0 Å². The maximum absolute atomic E-state index is 7.05. The lowest BCUT2D eigenvalue weighted by molar-refractivity contribution is -0.227. The van der Waals surface area contributed by atoms with Crippen molar-refractivity contribution in [3.63, 3.8) is 0 Å². The summed E-state index contributed by atoms with van der Waals surface area (Å²) < 4.78 is 25.9. The topological polar surface area (TPSA) is 101 Å². The van der Waals surface area contributed by atoms with Gasteiger partial charge in [-0.1, -0.05) is 59.8 Å². The van der Waals surface area contributed by atoms with E-state index in [0.717, 1.165) is 58.7 Å². The zero-order chi connectivity index (χ0) is 35.1. The van der Waals surface area contributed by atoms with Gasteiger partial charge in [0.1, 0.15) is 0 Å². The molecule has 0 saturated heterocycles. The van der Waals surface area contributed by atoms with Crippen LogP contribution in [0.25, 0.3) is 0 Å². The molecule has 0 bridgehead atoms. The summed E-state index contributed by atoms with van der Waals surface area (Å²) in [7, 11) is 1.80. The summed E-state index contributed by atoms with van der Waals surface area (Å²) in [5.74, 6) is 3.92. The fraction of sp³-hybridized carbons (Fsp3) is 1.00. The second-order valence-corrected chi connectivity index (χ2v) is 17.3. The van der Waals surface area contributed by atoms with E-state index in [1.165, 1.54) is 96.4 Å². The van der Waals surface area contributed by atoms with Gasteiger partial charge in [0.15, 0.2) is 0 Å². The molecule has 0 aromatic heterocycles. The van der Waals surface area contributed by atoms with Gasteiger partial charge in [0.05, 0.1) is 18.3 Å². The molecule has 0 aliphatic heterocycles. The van der Waals surface area contributed by atoms with Gasteiger partial charge in [-0.15, -0.1) is 0 Å². The van der Waals surface area contributed by atoms with Crippen molar-refractivity contribution >= 4 is 0 Å². The molecule has 4 fully saturated rings. The van der Waals surface area contributed by atoms with E-state index in [-0.39, 0.29) is 5.41 Å². The molecule has 0 aromatic rings. The van der Waals surface area contributed by atoms with Crippen molar-refractivity contribution < 1.29 is 18.9 Å². The van der Waals surface area contributed by atoms with Crippen LogP contribution in [0, 0.1) is 46.3 Å². The Labute approximate surface area is 302 Å². The molecular weight excluding hydrogens is 610 g/mol. The van der Waals surface area contributed by atoms with E-state index >= 15 is 0 Å². The number of unbranched alkanes of at least 4 members (excludes halogenated alkanes) is 5.